The smallest absolute Gasteiger partial charge is 0.342 e. The van der Waals surface area contributed by atoms with Gasteiger partial charge in [-0.05, 0) is 27.2 Å². The van der Waals surface area contributed by atoms with E-state index in [1.54, 1.807) is 11.6 Å². The highest BCUT2D eigenvalue weighted by Gasteiger charge is 2.25. The van der Waals surface area contributed by atoms with Crippen molar-refractivity contribution in [1.29, 1.82) is 0 Å². The highest BCUT2D eigenvalue weighted by atomic mass is 16.5. The minimum atomic E-state index is -0.362. The Labute approximate surface area is 130 Å². The van der Waals surface area contributed by atoms with E-state index in [2.05, 4.69) is 15.3 Å². The zero-order valence-corrected chi connectivity index (χ0v) is 13.9. The van der Waals surface area contributed by atoms with E-state index >= 15 is 0 Å². The monoisotopic (exact) mass is 305 g/mol. The third-order valence-corrected chi connectivity index (χ3v) is 3.66. The van der Waals surface area contributed by atoms with Gasteiger partial charge in [0.2, 0.25) is 0 Å². The molecule has 2 aromatic heterocycles. The van der Waals surface area contributed by atoms with Crippen LogP contribution >= 0.6 is 0 Å². The van der Waals surface area contributed by atoms with Gasteiger partial charge in [0.25, 0.3) is 0 Å². The molecule has 0 saturated heterocycles. The largest absolute Gasteiger partial charge is 0.462 e. The fourth-order valence-electron chi connectivity index (χ4n) is 2.40. The molecule has 0 aliphatic rings. The van der Waals surface area contributed by atoms with Crippen molar-refractivity contribution >= 4 is 22.8 Å². The van der Waals surface area contributed by atoms with Gasteiger partial charge in [0.1, 0.15) is 11.1 Å². The Morgan fingerprint density at radius 1 is 1.27 bits per heavy atom. The molecule has 0 unspecified atom stereocenters. The Balaban J connectivity index is 2.82. The van der Waals surface area contributed by atoms with Gasteiger partial charge in [-0.15, -0.1) is 5.10 Å². The number of aromatic nitrogens is 4. The van der Waals surface area contributed by atoms with E-state index in [4.69, 9.17) is 4.74 Å². The molecule has 7 heteroatoms. The first-order valence-electron chi connectivity index (χ1n) is 7.73. The van der Waals surface area contributed by atoms with Crippen LogP contribution in [0.15, 0.2) is 0 Å². The maximum absolute atomic E-state index is 12.4. The Bertz CT molecular complexity index is 680. The van der Waals surface area contributed by atoms with Crippen LogP contribution < -0.4 is 4.90 Å². The summed E-state index contributed by atoms with van der Waals surface area (Å²) in [4.78, 5) is 19.1. The van der Waals surface area contributed by atoms with E-state index in [1.165, 1.54) is 0 Å². The van der Waals surface area contributed by atoms with Gasteiger partial charge in [-0.2, -0.15) is 0 Å². The van der Waals surface area contributed by atoms with Crippen LogP contribution in [0.2, 0.25) is 0 Å². The molecule has 0 spiro atoms. The van der Waals surface area contributed by atoms with Crippen molar-refractivity contribution in [2.75, 3.05) is 25.1 Å². The average molecular weight is 305 g/mol. The molecule has 0 amide bonds. The molecule has 0 atom stereocenters. The van der Waals surface area contributed by atoms with Gasteiger partial charge in [-0.25, -0.2) is 14.5 Å². The number of carbonyl (C=O) groups excluding carboxylic acids is 1. The number of nitrogens with zero attached hydrogens (tertiary/aromatic N) is 5. The molecule has 0 radical (unpaired) electrons. The molecule has 0 fully saturated rings. The van der Waals surface area contributed by atoms with Gasteiger partial charge in [0, 0.05) is 20.1 Å². The van der Waals surface area contributed by atoms with E-state index in [0.29, 0.717) is 36.2 Å². The van der Waals surface area contributed by atoms with E-state index in [1.807, 2.05) is 32.7 Å². The van der Waals surface area contributed by atoms with Crippen LogP contribution in [-0.2, 0) is 17.7 Å². The summed E-state index contributed by atoms with van der Waals surface area (Å²) in [6.45, 7) is 9.54. The van der Waals surface area contributed by atoms with Crippen molar-refractivity contribution < 1.29 is 9.53 Å². The summed E-state index contributed by atoms with van der Waals surface area (Å²) < 4.78 is 6.94. The molecule has 0 aliphatic carbocycles. The van der Waals surface area contributed by atoms with E-state index < -0.39 is 0 Å². The number of pyridine rings is 1. The normalized spacial score (nSPS) is 11.0. The van der Waals surface area contributed by atoms with Crippen LogP contribution in [0, 0.1) is 0 Å². The van der Waals surface area contributed by atoms with Crippen LogP contribution in [0.4, 0.5) is 5.82 Å². The standard InChI is InChI=1S/C15H23N5O2/c1-6-10-11(15(21)22-9-4)13-12(17-18-20(13)8-3)14(16-10)19(5)7-2/h6-9H2,1-5H3. The number of carbonyl (C=O) groups is 1. The maximum Gasteiger partial charge on any atom is 0.342 e. The topological polar surface area (TPSA) is 73.1 Å². The summed E-state index contributed by atoms with van der Waals surface area (Å²) >= 11 is 0. The highest BCUT2D eigenvalue weighted by molar-refractivity contribution is 6.05. The zero-order valence-electron chi connectivity index (χ0n) is 13.9. The van der Waals surface area contributed by atoms with Crippen molar-refractivity contribution in [3.63, 3.8) is 0 Å². The molecule has 0 saturated carbocycles. The Hall–Kier alpha value is -2.18. The molecule has 7 nitrogen and oxygen atoms in total. The molecular weight excluding hydrogens is 282 g/mol. The highest BCUT2D eigenvalue weighted by Crippen LogP contribution is 2.28. The summed E-state index contributed by atoms with van der Waals surface area (Å²) in [5.74, 6) is 0.390. The lowest BCUT2D eigenvalue weighted by Crippen LogP contribution is -2.20. The number of esters is 1. The summed E-state index contributed by atoms with van der Waals surface area (Å²) in [6, 6.07) is 0. The first kappa shape index (κ1) is 16.2. The number of fused-ring (bicyclic) bond motifs is 1. The number of hydrogen-bond acceptors (Lipinski definition) is 6. The summed E-state index contributed by atoms with van der Waals surface area (Å²) in [6.07, 6.45) is 0.642. The second-order valence-electron chi connectivity index (χ2n) is 4.95. The number of aryl methyl sites for hydroxylation is 2. The fraction of sp³-hybridized carbons (Fsp3) is 0.600. The third-order valence-electron chi connectivity index (χ3n) is 3.66. The number of anilines is 1. The Morgan fingerprint density at radius 2 is 2.00 bits per heavy atom. The lowest BCUT2D eigenvalue weighted by Gasteiger charge is -2.18. The summed E-state index contributed by atoms with van der Waals surface area (Å²) in [7, 11) is 1.95. The minimum Gasteiger partial charge on any atom is -0.462 e. The quantitative estimate of drug-likeness (QED) is 0.760. The van der Waals surface area contributed by atoms with Gasteiger partial charge in [-0.3, -0.25) is 0 Å². The maximum atomic E-state index is 12.4. The van der Waals surface area contributed by atoms with E-state index in [0.717, 1.165) is 18.1 Å². The Morgan fingerprint density at radius 3 is 2.55 bits per heavy atom. The van der Waals surface area contributed by atoms with Crippen LogP contribution in [-0.4, -0.2) is 46.1 Å². The van der Waals surface area contributed by atoms with Crippen molar-refractivity contribution in [2.24, 2.45) is 0 Å². The Kier molecular flexibility index (Phi) is 4.95. The lowest BCUT2D eigenvalue weighted by molar-refractivity contribution is 0.0526. The molecule has 0 aliphatic heterocycles. The van der Waals surface area contributed by atoms with Gasteiger partial charge in [0.05, 0.1) is 12.3 Å². The predicted molar refractivity (Wildman–Crippen MR) is 85.3 cm³/mol. The molecule has 0 N–H and O–H groups in total. The van der Waals surface area contributed by atoms with Gasteiger partial charge in [0.15, 0.2) is 11.3 Å². The van der Waals surface area contributed by atoms with Crippen molar-refractivity contribution in [3.8, 4) is 0 Å². The molecule has 0 aromatic carbocycles. The molecule has 0 bridgehead atoms. The van der Waals surface area contributed by atoms with Crippen molar-refractivity contribution in [2.45, 2.75) is 40.7 Å². The van der Waals surface area contributed by atoms with Crippen LogP contribution in [0.25, 0.3) is 11.0 Å². The minimum absolute atomic E-state index is 0.327. The van der Waals surface area contributed by atoms with Gasteiger partial charge in [-0.1, -0.05) is 12.1 Å². The SMILES string of the molecule is CCOC(=O)c1c(CC)nc(N(C)CC)c2nnn(CC)c12. The van der Waals surface area contributed by atoms with Crippen molar-refractivity contribution in [1.82, 2.24) is 20.0 Å². The molecule has 22 heavy (non-hydrogen) atoms. The van der Waals surface area contributed by atoms with Gasteiger partial charge >= 0.3 is 5.97 Å². The van der Waals surface area contributed by atoms with Crippen LogP contribution in [0.1, 0.15) is 43.7 Å². The average Bonchev–Trinajstić information content (AvgIpc) is 2.96. The molecule has 2 aromatic rings. The van der Waals surface area contributed by atoms with Crippen molar-refractivity contribution in [3.05, 3.63) is 11.3 Å². The number of hydrogen-bond donors (Lipinski definition) is 0. The molecule has 2 rings (SSSR count). The number of ether oxygens (including phenoxy) is 1. The summed E-state index contributed by atoms with van der Waals surface area (Å²) in [5.41, 5.74) is 2.56. The molecule has 120 valence electrons. The van der Waals surface area contributed by atoms with Crippen LogP contribution in [0.3, 0.4) is 0 Å². The van der Waals surface area contributed by atoms with Crippen LogP contribution in [0.5, 0.6) is 0 Å². The van der Waals surface area contributed by atoms with E-state index in [-0.39, 0.29) is 5.97 Å². The second-order valence-corrected chi connectivity index (χ2v) is 4.95. The zero-order chi connectivity index (χ0) is 16.3. The first-order chi connectivity index (χ1) is 10.6. The third kappa shape index (κ3) is 2.63. The fourth-order valence-corrected chi connectivity index (χ4v) is 2.40. The second kappa shape index (κ2) is 6.72. The summed E-state index contributed by atoms with van der Waals surface area (Å²) in [5, 5.41) is 8.40. The van der Waals surface area contributed by atoms with Gasteiger partial charge < -0.3 is 9.64 Å². The first-order valence-corrected chi connectivity index (χ1v) is 7.73. The predicted octanol–water partition coefficient (Wildman–Crippen LogP) is 2.04. The molecule has 2 heterocycles. The number of rotatable bonds is 6. The van der Waals surface area contributed by atoms with E-state index in [9.17, 15) is 4.79 Å². The molecular formula is C15H23N5O2. The lowest BCUT2D eigenvalue weighted by atomic mass is 10.1.